The predicted molar refractivity (Wildman–Crippen MR) is 65.5 cm³/mol. The smallest absolute Gasteiger partial charge is 0.173 e. The molecule has 0 aliphatic rings. The lowest BCUT2D eigenvalue weighted by atomic mass is 10.1. The van der Waals surface area contributed by atoms with Gasteiger partial charge in [0, 0.05) is 11.1 Å². The second-order valence-electron chi connectivity index (χ2n) is 3.71. The van der Waals surface area contributed by atoms with Gasteiger partial charge in [0.05, 0.1) is 5.02 Å². The Balaban J connectivity index is 2.58. The number of aryl methyl sites for hydroxylation is 1. The minimum absolute atomic E-state index is 0.439. The molecule has 0 saturated carbocycles. The Morgan fingerprint density at radius 2 is 2.19 bits per heavy atom. The van der Waals surface area contributed by atoms with Gasteiger partial charge in [-0.1, -0.05) is 29.7 Å². The van der Waals surface area contributed by atoms with Crippen molar-refractivity contribution in [3.63, 3.8) is 0 Å². The van der Waals surface area contributed by atoms with Gasteiger partial charge in [-0.3, -0.25) is 0 Å². The summed E-state index contributed by atoms with van der Waals surface area (Å²) in [4.78, 5) is 0. The second kappa shape index (κ2) is 4.18. The maximum atomic E-state index is 6.17. The molecule has 1 aromatic heterocycles. The molecule has 0 spiro atoms. The summed E-state index contributed by atoms with van der Waals surface area (Å²) in [6, 6.07) is 5.81. The van der Waals surface area contributed by atoms with Crippen LogP contribution in [0, 0.1) is 6.92 Å². The average Bonchev–Trinajstić information content (AvgIpc) is 2.59. The molecule has 0 saturated heterocycles. The fourth-order valence-corrected chi connectivity index (χ4v) is 2.00. The molecular formula is C12H13ClN2O. The highest BCUT2D eigenvalue weighted by molar-refractivity contribution is 6.33. The first-order valence-corrected chi connectivity index (χ1v) is 5.51. The summed E-state index contributed by atoms with van der Waals surface area (Å²) in [5, 5.41) is 4.43. The molecule has 1 aromatic carbocycles. The number of aromatic nitrogens is 1. The molecule has 1 heterocycles. The van der Waals surface area contributed by atoms with Gasteiger partial charge in [-0.2, -0.15) is 0 Å². The molecule has 0 aliphatic carbocycles. The lowest BCUT2D eigenvalue weighted by molar-refractivity contribution is 0.435. The molecular weight excluding hydrogens is 224 g/mol. The highest BCUT2D eigenvalue weighted by Crippen LogP contribution is 2.33. The van der Waals surface area contributed by atoms with E-state index in [0.29, 0.717) is 16.6 Å². The number of hydrogen-bond acceptors (Lipinski definition) is 3. The fraction of sp³-hybridized carbons (Fsp3) is 0.250. The molecule has 3 nitrogen and oxygen atoms in total. The number of hydrogen-bond donors (Lipinski definition) is 1. The molecule has 0 fully saturated rings. The molecule has 0 radical (unpaired) electrons. The number of rotatable bonds is 2. The zero-order chi connectivity index (χ0) is 11.7. The number of benzene rings is 1. The van der Waals surface area contributed by atoms with Crippen molar-refractivity contribution >= 4 is 17.4 Å². The SMILES string of the molecule is CCc1c(N)noc1-c1ccc(C)cc1Cl. The van der Waals surface area contributed by atoms with Gasteiger partial charge in [-0.15, -0.1) is 0 Å². The normalized spacial score (nSPS) is 10.7. The summed E-state index contributed by atoms with van der Waals surface area (Å²) in [6.07, 6.45) is 0.773. The first-order chi connectivity index (χ1) is 7.63. The van der Waals surface area contributed by atoms with E-state index in [1.54, 1.807) is 0 Å². The van der Waals surface area contributed by atoms with Crippen molar-refractivity contribution in [3.8, 4) is 11.3 Å². The Morgan fingerprint density at radius 3 is 2.81 bits per heavy atom. The van der Waals surface area contributed by atoms with Crippen LogP contribution in [0.2, 0.25) is 5.02 Å². The summed E-state index contributed by atoms with van der Waals surface area (Å²) in [6.45, 7) is 4.00. The summed E-state index contributed by atoms with van der Waals surface area (Å²) in [5.41, 5.74) is 8.58. The van der Waals surface area contributed by atoms with Crippen molar-refractivity contribution < 1.29 is 4.52 Å². The summed E-state index contributed by atoms with van der Waals surface area (Å²) >= 11 is 6.17. The van der Waals surface area contributed by atoms with E-state index in [1.807, 2.05) is 32.0 Å². The molecule has 2 N–H and O–H groups in total. The van der Waals surface area contributed by atoms with E-state index in [2.05, 4.69) is 5.16 Å². The number of anilines is 1. The maximum Gasteiger partial charge on any atom is 0.173 e. The van der Waals surface area contributed by atoms with Gasteiger partial charge in [-0.25, -0.2) is 0 Å². The van der Waals surface area contributed by atoms with Crippen LogP contribution in [0.4, 0.5) is 5.82 Å². The van der Waals surface area contributed by atoms with Crippen molar-refractivity contribution in [2.45, 2.75) is 20.3 Å². The van der Waals surface area contributed by atoms with Crippen molar-refractivity contribution in [1.82, 2.24) is 5.16 Å². The van der Waals surface area contributed by atoms with Crippen LogP contribution < -0.4 is 5.73 Å². The number of nitrogen functional groups attached to an aromatic ring is 1. The van der Waals surface area contributed by atoms with Crippen LogP contribution in [0.3, 0.4) is 0 Å². The molecule has 0 unspecified atom stereocenters. The van der Waals surface area contributed by atoms with E-state index in [9.17, 15) is 0 Å². The highest BCUT2D eigenvalue weighted by atomic mass is 35.5. The van der Waals surface area contributed by atoms with Crippen LogP contribution in [0.15, 0.2) is 22.7 Å². The van der Waals surface area contributed by atoms with Crippen LogP contribution in [0.5, 0.6) is 0 Å². The number of halogens is 1. The molecule has 16 heavy (non-hydrogen) atoms. The standard InChI is InChI=1S/C12H13ClN2O/c1-3-8-11(16-15-12(8)14)9-5-4-7(2)6-10(9)13/h4-6H,3H2,1-2H3,(H2,14,15). The number of nitrogens with two attached hydrogens (primary N) is 1. The van der Waals surface area contributed by atoms with Gasteiger partial charge < -0.3 is 10.3 Å². The van der Waals surface area contributed by atoms with E-state index in [-0.39, 0.29) is 0 Å². The largest absolute Gasteiger partial charge is 0.381 e. The molecule has 0 amide bonds. The van der Waals surface area contributed by atoms with Crippen LogP contribution >= 0.6 is 11.6 Å². The van der Waals surface area contributed by atoms with Gasteiger partial charge in [0.1, 0.15) is 0 Å². The van der Waals surface area contributed by atoms with Gasteiger partial charge >= 0.3 is 0 Å². The Bertz CT molecular complexity index is 520. The zero-order valence-electron chi connectivity index (χ0n) is 9.25. The topological polar surface area (TPSA) is 52.0 Å². The van der Waals surface area contributed by atoms with E-state index >= 15 is 0 Å². The molecule has 0 bridgehead atoms. The first kappa shape index (κ1) is 11.0. The van der Waals surface area contributed by atoms with Crippen LogP contribution in [-0.2, 0) is 6.42 Å². The van der Waals surface area contributed by atoms with E-state index in [1.165, 1.54) is 0 Å². The third-order valence-corrected chi connectivity index (χ3v) is 2.85. The first-order valence-electron chi connectivity index (χ1n) is 5.14. The zero-order valence-corrected chi connectivity index (χ0v) is 10.0. The monoisotopic (exact) mass is 236 g/mol. The quantitative estimate of drug-likeness (QED) is 0.869. The fourth-order valence-electron chi connectivity index (χ4n) is 1.68. The van der Waals surface area contributed by atoms with Crippen molar-refractivity contribution in [1.29, 1.82) is 0 Å². The van der Waals surface area contributed by atoms with Gasteiger partial charge in [0.25, 0.3) is 0 Å². The van der Waals surface area contributed by atoms with Gasteiger partial charge in [-0.05, 0) is 31.0 Å². The van der Waals surface area contributed by atoms with Crippen molar-refractivity contribution in [2.24, 2.45) is 0 Å². The van der Waals surface area contributed by atoms with Gasteiger partial charge in [0.15, 0.2) is 11.6 Å². The summed E-state index contributed by atoms with van der Waals surface area (Å²) in [5.74, 6) is 1.11. The summed E-state index contributed by atoms with van der Waals surface area (Å²) < 4.78 is 5.23. The maximum absolute atomic E-state index is 6.17. The molecule has 2 aromatic rings. The molecule has 4 heteroatoms. The predicted octanol–water partition coefficient (Wildman–Crippen LogP) is 3.45. The minimum atomic E-state index is 0.439. The van der Waals surface area contributed by atoms with Crippen LogP contribution in [0.25, 0.3) is 11.3 Å². The van der Waals surface area contributed by atoms with Crippen molar-refractivity contribution in [3.05, 3.63) is 34.3 Å². The lowest BCUT2D eigenvalue weighted by Crippen LogP contribution is -1.91. The molecule has 0 atom stereocenters. The van der Waals surface area contributed by atoms with E-state index in [0.717, 1.165) is 23.1 Å². The lowest BCUT2D eigenvalue weighted by Gasteiger charge is -2.03. The molecule has 0 aliphatic heterocycles. The van der Waals surface area contributed by atoms with E-state index < -0.39 is 0 Å². The highest BCUT2D eigenvalue weighted by Gasteiger charge is 2.16. The number of nitrogens with zero attached hydrogens (tertiary/aromatic N) is 1. The molecule has 84 valence electrons. The van der Waals surface area contributed by atoms with Crippen molar-refractivity contribution in [2.75, 3.05) is 5.73 Å². The third-order valence-electron chi connectivity index (χ3n) is 2.54. The van der Waals surface area contributed by atoms with Crippen LogP contribution in [0.1, 0.15) is 18.1 Å². The minimum Gasteiger partial charge on any atom is -0.381 e. The Labute approximate surface area is 99.2 Å². The Morgan fingerprint density at radius 1 is 1.44 bits per heavy atom. The van der Waals surface area contributed by atoms with Crippen LogP contribution in [-0.4, -0.2) is 5.16 Å². The Kier molecular flexibility index (Phi) is 2.88. The third kappa shape index (κ3) is 1.78. The second-order valence-corrected chi connectivity index (χ2v) is 4.12. The summed E-state index contributed by atoms with van der Waals surface area (Å²) in [7, 11) is 0. The molecule has 2 rings (SSSR count). The average molecular weight is 237 g/mol. The van der Waals surface area contributed by atoms with E-state index in [4.69, 9.17) is 21.9 Å². The van der Waals surface area contributed by atoms with Gasteiger partial charge in [0.2, 0.25) is 0 Å². The Hall–Kier alpha value is -1.48.